The first-order chi connectivity index (χ1) is 9.34. The fourth-order valence-electron chi connectivity index (χ4n) is 2.93. The molecule has 0 aromatic carbocycles. The van der Waals surface area contributed by atoms with Gasteiger partial charge in [-0.05, 0) is 51.9 Å². The number of nitrogens with zero attached hydrogens (tertiary/aromatic N) is 3. The Morgan fingerprint density at radius 1 is 1.60 bits per heavy atom. The van der Waals surface area contributed by atoms with Crippen LogP contribution in [-0.4, -0.2) is 48.5 Å². The van der Waals surface area contributed by atoms with Gasteiger partial charge >= 0.3 is 0 Å². The number of hydrogen-bond acceptors (Lipinski definition) is 4. The van der Waals surface area contributed by atoms with Gasteiger partial charge in [0.1, 0.15) is 5.82 Å². The van der Waals surface area contributed by atoms with Crippen LogP contribution in [0.3, 0.4) is 0 Å². The van der Waals surface area contributed by atoms with E-state index >= 15 is 0 Å². The third kappa shape index (κ3) is 2.63. The van der Waals surface area contributed by atoms with Crippen molar-refractivity contribution in [2.24, 2.45) is 11.7 Å². The third-order valence-electron chi connectivity index (χ3n) is 4.70. The lowest BCUT2D eigenvalue weighted by molar-refractivity contribution is 0.100. The number of pyridine rings is 1. The Kier molecular flexibility index (Phi) is 3.99. The average molecular weight is 276 g/mol. The van der Waals surface area contributed by atoms with Gasteiger partial charge < -0.3 is 15.5 Å². The summed E-state index contributed by atoms with van der Waals surface area (Å²) in [5.74, 6) is 0.785. The smallest absolute Gasteiger partial charge is 0.252 e. The Morgan fingerprint density at radius 3 is 2.85 bits per heavy atom. The summed E-state index contributed by atoms with van der Waals surface area (Å²) in [6.45, 7) is 6.52. The predicted molar refractivity (Wildman–Crippen MR) is 80.8 cm³/mol. The van der Waals surface area contributed by atoms with E-state index in [-0.39, 0.29) is 5.54 Å². The quantitative estimate of drug-likeness (QED) is 0.901. The Bertz CT molecular complexity index is 500. The van der Waals surface area contributed by atoms with E-state index in [1.807, 2.05) is 11.9 Å². The fraction of sp³-hybridized carbons (Fsp3) is 0.600. The van der Waals surface area contributed by atoms with Crippen molar-refractivity contribution in [2.75, 3.05) is 32.1 Å². The first-order valence-corrected chi connectivity index (χ1v) is 7.01. The van der Waals surface area contributed by atoms with Gasteiger partial charge in [-0.25, -0.2) is 4.98 Å². The topological polar surface area (TPSA) is 62.5 Å². The van der Waals surface area contributed by atoms with Crippen LogP contribution in [-0.2, 0) is 0 Å². The van der Waals surface area contributed by atoms with E-state index in [2.05, 4.69) is 30.8 Å². The van der Waals surface area contributed by atoms with Crippen LogP contribution in [0.2, 0.25) is 0 Å². The minimum absolute atomic E-state index is 0.163. The van der Waals surface area contributed by atoms with E-state index in [0.717, 1.165) is 19.5 Å². The molecule has 1 aromatic heterocycles. The number of hydrogen-bond donors (Lipinski definition) is 1. The lowest BCUT2D eigenvalue weighted by Gasteiger charge is -2.36. The van der Waals surface area contributed by atoms with Crippen molar-refractivity contribution >= 4 is 11.7 Å². The molecule has 0 radical (unpaired) electrons. The summed E-state index contributed by atoms with van der Waals surface area (Å²) in [4.78, 5) is 20.2. The van der Waals surface area contributed by atoms with Crippen LogP contribution in [0.5, 0.6) is 0 Å². The monoisotopic (exact) mass is 276 g/mol. The van der Waals surface area contributed by atoms with Gasteiger partial charge in [0.05, 0.1) is 5.56 Å². The number of carbonyl (C=O) groups excluding carboxylic acids is 1. The number of carbonyl (C=O) groups is 1. The highest BCUT2D eigenvalue weighted by Gasteiger charge is 2.39. The minimum Gasteiger partial charge on any atom is -0.365 e. The maximum Gasteiger partial charge on any atom is 0.252 e. The SMILES string of the molecule is CN(C[C@@H]1CCN(C)C1(C)C)c1ncccc1C(N)=O. The highest BCUT2D eigenvalue weighted by molar-refractivity contribution is 5.97. The van der Waals surface area contributed by atoms with Crippen molar-refractivity contribution in [1.82, 2.24) is 9.88 Å². The molecule has 1 aliphatic rings. The summed E-state index contributed by atoms with van der Waals surface area (Å²) >= 11 is 0. The molecule has 0 aliphatic carbocycles. The highest BCUT2D eigenvalue weighted by Crippen LogP contribution is 2.34. The van der Waals surface area contributed by atoms with Crippen molar-refractivity contribution in [1.29, 1.82) is 0 Å². The molecule has 2 N–H and O–H groups in total. The van der Waals surface area contributed by atoms with Crippen LogP contribution in [0, 0.1) is 5.92 Å². The Labute approximate surface area is 120 Å². The predicted octanol–water partition coefficient (Wildman–Crippen LogP) is 1.35. The minimum atomic E-state index is -0.428. The van der Waals surface area contributed by atoms with Crippen LogP contribution < -0.4 is 10.6 Å². The number of rotatable bonds is 4. The van der Waals surface area contributed by atoms with E-state index in [9.17, 15) is 4.79 Å². The van der Waals surface area contributed by atoms with Crippen molar-refractivity contribution in [3.05, 3.63) is 23.9 Å². The molecule has 1 aromatic rings. The standard InChI is InChI=1S/C15H24N4O/c1-15(2)11(7-9-19(15)4)10-18(3)14-12(13(16)20)6-5-8-17-14/h5-6,8,11H,7,9-10H2,1-4H3,(H2,16,20)/t11-/m0/s1. The molecule has 0 unspecified atom stereocenters. The lowest BCUT2D eigenvalue weighted by Crippen LogP contribution is -2.44. The van der Waals surface area contributed by atoms with Crippen molar-refractivity contribution in [3.63, 3.8) is 0 Å². The highest BCUT2D eigenvalue weighted by atomic mass is 16.1. The number of likely N-dealkylation sites (tertiary alicyclic amines) is 1. The molecule has 20 heavy (non-hydrogen) atoms. The van der Waals surface area contributed by atoms with E-state index in [4.69, 9.17) is 5.73 Å². The molecule has 2 rings (SSSR count). The average Bonchev–Trinajstić information content (AvgIpc) is 2.65. The fourth-order valence-corrected chi connectivity index (χ4v) is 2.93. The Balaban J connectivity index is 2.17. The second-order valence-electron chi connectivity index (χ2n) is 6.18. The molecule has 5 heteroatoms. The normalized spacial score (nSPS) is 21.9. The molecule has 2 heterocycles. The largest absolute Gasteiger partial charge is 0.365 e. The first kappa shape index (κ1) is 14.8. The molecule has 110 valence electrons. The van der Waals surface area contributed by atoms with Crippen LogP contribution >= 0.6 is 0 Å². The summed E-state index contributed by atoms with van der Waals surface area (Å²) in [5.41, 5.74) is 6.07. The van der Waals surface area contributed by atoms with Crippen LogP contribution in [0.1, 0.15) is 30.6 Å². The van der Waals surface area contributed by atoms with Crippen LogP contribution in [0.4, 0.5) is 5.82 Å². The zero-order valence-electron chi connectivity index (χ0n) is 12.8. The molecule has 0 bridgehead atoms. The summed E-state index contributed by atoms with van der Waals surface area (Å²) in [5, 5.41) is 0. The lowest BCUT2D eigenvalue weighted by atomic mass is 9.88. The molecule has 1 atom stereocenters. The zero-order chi connectivity index (χ0) is 14.9. The molecular weight excluding hydrogens is 252 g/mol. The Morgan fingerprint density at radius 2 is 2.30 bits per heavy atom. The van der Waals surface area contributed by atoms with E-state index in [0.29, 0.717) is 17.3 Å². The summed E-state index contributed by atoms with van der Waals surface area (Å²) in [7, 11) is 4.14. The van der Waals surface area contributed by atoms with Crippen molar-refractivity contribution in [2.45, 2.75) is 25.8 Å². The molecule has 0 spiro atoms. The van der Waals surface area contributed by atoms with Crippen molar-refractivity contribution < 1.29 is 4.79 Å². The van der Waals surface area contributed by atoms with Crippen molar-refractivity contribution in [3.8, 4) is 0 Å². The van der Waals surface area contributed by atoms with Gasteiger partial charge in [-0.2, -0.15) is 0 Å². The molecule has 1 fully saturated rings. The number of nitrogens with two attached hydrogens (primary N) is 1. The summed E-state index contributed by atoms with van der Waals surface area (Å²) < 4.78 is 0. The van der Waals surface area contributed by atoms with Crippen LogP contribution in [0.25, 0.3) is 0 Å². The van der Waals surface area contributed by atoms with Gasteiger partial charge in [-0.15, -0.1) is 0 Å². The van der Waals surface area contributed by atoms with Gasteiger partial charge in [0.15, 0.2) is 0 Å². The molecule has 5 nitrogen and oxygen atoms in total. The summed E-state index contributed by atoms with van der Waals surface area (Å²) in [6.07, 6.45) is 2.86. The van der Waals surface area contributed by atoms with E-state index in [1.165, 1.54) is 0 Å². The zero-order valence-corrected chi connectivity index (χ0v) is 12.8. The Hall–Kier alpha value is -1.62. The maximum atomic E-state index is 11.5. The second-order valence-corrected chi connectivity index (χ2v) is 6.18. The summed E-state index contributed by atoms with van der Waals surface area (Å²) in [6, 6.07) is 3.47. The number of aromatic nitrogens is 1. The van der Waals surface area contributed by atoms with Crippen LogP contribution in [0.15, 0.2) is 18.3 Å². The number of primary amides is 1. The van der Waals surface area contributed by atoms with Gasteiger partial charge in [0, 0.05) is 25.3 Å². The number of anilines is 1. The van der Waals surface area contributed by atoms with Gasteiger partial charge in [-0.3, -0.25) is 4.79 Å². The van der Waals surface area contributed by atoms with E-state index in [1.54, 1.807) is 18.3 Å². The van der Waals surface area contributed by atoms with E-state index < -0.39 is 5.91 Å². The number of amides is 1. The van der Waals surface area contributed by atoms with Gasteiger partial charge in [-0.1, -0.05) is 0 Å². The van der Waals surface area contributed by atoms with Gasteiger partial charge in [0.2, 0.25) is 0 Å². The molecule has 1 saturated heterocycles. The van der Waals surface area contributed by atoms with Gasteiger partial charge in [0.25, 0.3) is 5.91 Å². The molecule has 1 amide bonds. The second kappa shape index (κ2) is 5.40. The molecular formula is C15H24N4O. The third-order valence-corrected chi connectivity index (χ3v) is 4.70. The molecule has 1 aliphatic heterocycles. The first-order valence-electron chi connectivity index (χ1n) is 7.01. The molecule has 0 saturated carbocycles. The maximum absolute atomic E-state index is 11.5.